The molecule has 0 aliphatic heterocycles. The molecule has 3 nitrogen and oxygen atoms in total. The molecule has 0 amide bonds. The van der Waals surface area contributed by atoms with Gasteiger partial charge in [-0.15, -0.1) is 0 Å². The van der Waals surface area contributed by atoms with Gasteiger partial charge in [-0.1, -0.05) is 170 Å². The Kier molecular flexibility index (Phi) is 8.97. The molecule has 0 spiro atoms. The minimum atomic E-state index is 0.924. The quantitative estimate of drug-likeness (QED) is 0.153. The molecule has 0 saturated carbocycles. The summed E-state index contributed by atoms with van der Waals surface area (Å²) in [6.07, 6.45) is 6.67. The molecule has 63 heavy (non-hydrogen) atoms. The van der Waals surface area contributed by atoms with Crippen LogP contribution in [0.1, 0.15) is 24.0 Å². The average Bonchev–Trinajstić information content (AvgIpc) is 3.91. The van der Waals surface area contributed by atoms with Gasteiger partial charge in [0, 0.05) is 49.7 Å². The van der Waals surface area contributed by atoms with Crippen molar-refractivity contribution in [2.45, 2.75) is 12.8 Å². The molecule has 0 fully saturated rings. The third-order valence-corrected chi connectivity index (χ3v) is 12.7. The highest BCUT2D eigenvalue weighted by Crippen LogP contribution is 2.43. The maximum atomic E-state index is 6.46. The van der Waals surface area contributed by atoms with Gasteiger partial charge in [0.05, 0.1) is 16.7 Å². The molecular weight excluding hydrogens is 765 g/mol. The molecule has 0 unspecified atom stereocenters. The van der Waals surface area contributed by atoms with E-state index in [4.69, 9.17) is 4.42 Å². The fraction of sp³-hybridized carbons (Fsp3) is 0.0333. The summed E-state index contributed by atoms with van der Waals surface area (Å²) in [6, 6.07) is 78.8. The van der Waals surface area contributed by atoms with Gasteiger partial charge in [-0.25, -0.2) is 0 Å². The van der Waals surface area contributed by atoms with Crippen LogP contribution in [0.5, 0.6) is 0 Å². The van der Waals surface area contributed by atoms with Crippen molar-refractivity contribution in [3.05, 3.63) is 242 Å². The molecule has 0 bridgehead atoms. The minimum absolute atomic E-state index is 0.924. The highest BCUT2D eigenvalue weighted by molar-refractivity contribution is 6.10. The monoisotopic (exact) mass is 806 g/mol. The summed E-state index contributed by atoms with van der Waals surface area (Å²) in [5.41, 5.74) is 18.3. The maximum Gasteiger partial charge on any atom is 0.143 e. The van der Waals surface area contributed by atoms with Crippen LogP contribution in [0.2, 0.25) is 0 Å². The zero-order chi connectivity index (χ0) is 41.7. The molecule has 3 heteroatoms. The van der Waals surface area contributed by atoms with E-state index in [0.29, 0.717) is 0 Å². The Morgan fingerprint density at radius 2 is 1.00 bits per heavy atom. The lowest BCUT2D eigenvalue weighted by Crippen LogP contribution is -2.10. The first-order valence-electron chi connectivity index (χ1n) is 21.8. The Morgan fingerprint density at radius 1 is 0.413 bits per heavy atom. The van der Waals surface area contributed by atoms with Crippen molar-refractivity contribution >= 4 is 72.0 Å². The lowest BCUT2D eigenvalue weighted by Gasteiger charge is -2.27. The van der Waals surface area contributed by atoms with Crippen molar-refractivity contribution in [1.82, 2.24) is 4.57 Å². The molecule has 1 aliphatic rings. The number of hydrogen-bond donors (Lipinski definition) is 0. The third kappa shape index (κ3) is 6.45. The van der Waals surface area contributed by atoms with Gasteiger partial charge in [-0.2, -0.15) is 0 Å². The number of para-hydroxylation sites is 5. The van der Waals surface area contributed by atoms with Gasteiger partial charge in [0.25, 0.3) is 0 Å². The fourth-order valence-electron chi connectivity index (χ4n) is 9.73. The molecule has 1 aliphatic carbocycles. The van der Waals surface area contributed by atoms with Crippen molar-refractivity contribution < 1.29 is 4.42 Å². The molecule has 298 valence electrons. The van der Waals surface area contributed by atoms with Gasteiger partial charge >= 0.3 is 0 Å². The first-order valence-corrected chi connectivity index (χ1v) is 21.8. The molecule has 2 heterocycles. The first-order chi connectivity index (χ1) is 31.2. The van der Waals surface area contributed by atoms with E-state index >= 15 is 0 Å². The predicted molar refractivity (Wildman–Crippen MR) is 265 cm³/mol. The lowest BCUT2D eigenvalue weighted by atomic mass is 9.90. The molecule has 11 aromatic rings. The first kappa shape index (κ1) is 36.7. The van der Waals surface area contributed by atoms with Crippen molar-refractivity contribution in [3.8, 4) is 27.9 Å². The smallest absolute Gasteiger partial charge is 0.143 e. The normalized spacial score (nSPS) is 12.8. The molecule has 9 aromatic carbocycles. The number of benzene rings is 9. The van der Waals surface area contributed by atoms with Gasteiger partial charge in [0.15, 0.2) is 0 Å². The summed E-state index contributed by atoms with van der Waals surface area (Å²) in [5.74, 6) is 0. The van der Waals surface area contributed by atoms with Crippen LogP contribution >= 0.6 is 0 Å². The van der Waals surface area contributed by atoms with Crippen molar-refractivity contribution in [2.75, 3.05) is 4.90 Å². The molecule has 2 aromatic heterocycles. The summed E-state index contributed by atoms with van der Waals surface area (Å²) in [4.78, 5) is 2.39. The zero-order valence-electron chi connectivity index (χ0n) is 34.7. The summed E-state index contributed by atoms with van der Waals surface area (Å²) >= 11 is 0. The highest BCUT2D eigenvalue weighted by Gasteiger charge is 2.20. The van der Waals surface area contributed by atoms with Crippen molar-refractivity contribution in [3.63, 3.8) is 0 Å². The summed E-state index contributed by atoms with van der Waals surface area (Å²) in [7, 11) is 0. The van der Waals surface area contributed by atoms with E-state index in [0.717, 1.165) is 68.7 Å². The number of hydrogen-bond acceptors (Lipinski definition) is 2. The van der Waals surface area contributed by atoms with Crippen LogP contribution < -0.4 is 4.90 Å². The van der Waals surface area contributed by atoms with Crippen LogP contribution in [0.15, 0.2) is 235 Å². The number of furan rings is 1. The fourth-order valence-corrected chi connectivity index (χ4v) is 9.73. The second-order valence-corrected chi connectivity index (χ2v) is 16.4. The average molecular weight is 807 g/mol. The topological polar surface area (TPSA) is 21.3 Å². The summed E-state index contributed by atoms with van der Waals surface area (Å²) in [5, 5.41) is 4.82. The number of anilines is 3. The zero-order valence-corrected chi connectivity index (χ0v) is 34.7. The van der Waals surface area contributed by atoms with Crippen LogP contribution in [-0.2, 0) is 0 Å². The van der Waals surface area contributed by atoms with Crippen LogP contribution in [-0.4, -0.2) is 4.57 Å². The van der Waals surface area contributed by atoms with Crippen LogP contribution in [0.25, 0.3) is 82.8 Å². The highest BCUT2D eigenvalue weighted by atomic mass is 16.3. The van der Waals surface area contributed by atoms with Crippen LogP contribution in [0.4, 0.5) is 17.1 Å². The van der Waals surface area contributed by atoms with E-state index in [1.807, 2.05) is 6.07 Å². The van der Waals surface area contributed by atoms with E-state index in [1.54, 1.807) is 0 Å². The number of fused-ring (bicyclic) bond motifs is 6. The molecular formula is C60H42N2O. The Balaban J connectivity index is 0.954. The molecule has 0 atom stereocenters. The van der Waals surface area contributed by atoms with Gasteiger partial charge in [0.2, 0.25) is 0 Å². The minimum Gasteiger partial charge on any atom is -0.455 e. The lowest BCUT2D eigenvalue weighted by molar-refractivity contribution is 0.667. The van der Waals surface area contributed by atoms with E-state index < -0.39 is 0 Å². The van der Waals surface area contributed by atoms with E-state index in [-0.39, 0.29) is 0 Å². The van der Waals surface area contributed by atoms with E-state index in [1.165, 1.54) is 55.2 Å². The number of rotatable bonds is 8. The molecule has 0 saturated heterocycles. The molecule has 0 N–H and O–H groups in total. The maximum absolute atomic E-state index is 6.46. The largest absolute Gasteiger partial charge is 0.455 e. The Labute approximate surface area is 366 Å². The predicted octanol–water partition coefficient (Wildman–Crippen LogP) is 16.7. The Hall–Kier alpha value is -8.14. The second kappa shape index (κ2) is 15.4. The van der Waals surface area contributed by atoms with E-state index in [9.17, 15) is 0 Å². The van der Waals surface area contributed by atoms with Crippen molar-refractivity contribution in [1.29, 1.82) is 0 Å². The molecule has 12 rings (SSSR count). The van der Waals surface area contributed by atoms with Crippen LogP contribution in [0, 0.1) is 0 Å². The second-order valence-electron chi connectivity index (χ2n) is 16.4. The van der Waals surface area contributed by atoms with Crippen molar-refractivity contribution in [2.24, 2.45) is 0 Å². The standard InChI is InChI=1S/C60H42N2O/c1-2-16-41(17-3-1)44-19-13-22-48(39-44)61(47-36-34-42(35-37-47)43-18-12-20-45(38-43)51-28-15-29-55-54-27-7-11-33-59(54)63-60(51)55)49-23-14-21-46(40-49)50-24-4-8-30-56(50)62-57-31-9-5-25-52(57)53-26-6-10-32-58(53)62/h1-11,13-17,19-40H,12,18H2. The van der Waals surface area contributed by atoms with E-state index in [2.05, 4.69) is 234 Å². The number of allylic oxidation sites excluding steroid dienone is 4. The number of aromatic nitrogens is 1. The molecule has 0 radical (unpaired) electrons. The number of nitrogens with zero attached hydrogens (tertiary/aromatic N) is 2. The van der Waals surface area contributed by atoms with Gasteiger partial charge in [-0.05, 0) is 107 Å². The van der Waals surface area contributed by atoms with Crippen LogP contribution in [0.3, 0.4) is 0 Å². The SMILES string of the molecule is C1=C(c2ccc(N(c3cccc(-c4ccccc4)c3)c3cccc(-c4ccccc4-n4c5ccccc5c5ccccc54)c3)cc2)CCC=C1c1cccc2c1oc1ccccc12. The Bertz CT molecular complexity index is 3510. The summed E-state index contributed by atoms with van der Waals surface area (Å²) < 4.78 is 8.88. The Morgan fingerprint density at radius 3 is 1.78 bits per heavy atom. The van der Waals surface area contributed by atoms with Gasteiger partial charge in [-0.3, -0.25) is 0 Å². The van der Waals surface area contributed by atoms with Gasteiger partial charge < -0.3 is 13.9 Å². The van der Waals surface area contributed by atoms with Gasteiger partial charge in [0.1, 0.15) is 11.2 Å². The third-order valence-electron chi connectivity index (χ3n) is 12.7. The summed E-state index contributed by atoms with van der Waals surface area (Å²) in [6.45, 7) is 0.